The van der Waals surface area contributed by atoms with Gasteiger partial charge in [-0.3, -0.25) is 4.21 Å². The van der Waals surface area contributed by atoms with Gasteiger partial charge >= 0.3 is 0 Å². The summed E-state index contributed by atoms with van der Waals surface area (Å²) in [5.41, 5.74) is 2.23. The van der Waals surface area contributed by atoms with Gasteiger partial charge in [-0.1, -0.05) is 26.8 Å². The predicted octanol–water partition coefficient (Wildman–Crippen LogP) is 2.46. The van der Waals surface area contributed by atoms with Crippen LogP contribution in [-0.4, -0.2) is 23.1 Å². The van der Waals surface area contributed by atoms with Gasteiger partial charge in [0.25, 0.3) is 0 Å². The van der Waals surface area contributed by atoms with Gasteiger partial charge in [-0.05, 0) is 24.2 Å². The quantitative estimate of drug-likeness (QED) is 0.826. The highest BCUT2D eigenvalue weighted by Crippen LogP contribution is 2.22. The van der Waals surface area contributed by atoms with Crippen molar-refractivity contribution in [2.75, 3.05) is 13.7 Å². The molecule has 0 saturated heterocycles. The van der Waals surface area contributed by atoms with E-state index in [2.05, 4.69) is 18.3 Å². The number of hydrogen-bond donors (Lipinski definition) is 1. The third-order valence-corrected chi connectivity index (χ3v) is 4.39. The first-order valence-corrected chi connectivity index (χ1v) is 7.70. The number of ether oxygens (including phenoxy) is 1. The van der Waals surface area contributed by atoms with E-state index >= 15 is 0 Å². The van der Waals surface area contributed by atoms with Gasteiger partial charge in [0.15, 0.2) is 0 Å². The fourth-order valence-electron chi connectivity index (χ4n) is 1.64. The lowest BCUT2D eigenvalue weighted by molar-refractivity contribution is 0.411. The van der Waals surface area contributed by atoms with Crippen LogP contribution in [0.25, 0.3) is 0 Å². The van der Waals surface area contributed by atoms with E-state index in [0.29, 0.717) is 5.75 Å². The summed E-state index contributed by atoms with van der Waals surface area (Å²) in [4.78, 5) is 0. The number of hydrogen-bond acceptors (Lipinski definition) is 3. The van der Waals surface area contributed by atoms with Gasteiger partial charge in [0.05, 0.1) is 12.9 Å². The molecule has 0 fully saturated rings. The van der Waals surface area contributed by atoms with Crippen LogP contribution in [0.15, 0.2) is 18.2 Å². The summed E-state index contributed by atoms with van der Waals surface area (Å²) in [6.45, 7) is 7.81. The highest BCUT2D eigenvalue weighted by atomic mass is 32.2. The Labute approximate surface area is 112 Å². The van der Waals surface area contributed by atoms with Gasteiger partial charge in [-0.25, -0.2) is 0 Å². The van der Waals surface area contributed by atoms with Crippen molar-refractivity contribution in [3.05, 3.63) is 29.3 Å². The van der Waals surface area contributed by atoms with Crippen molar-refractivity contribution < 1.29 is 8.95 Å². The fourth-order valence-corrected chi connectivity index (χ4v) is 2.51. The second kappa shape index (κ2) is 7.54. The topological polar surface area (TPSA) is 38.3 Å². The van der Waals surface area contributed by atoms with Crippen molar-refractivity contribution in [2.45, 2.75) is 38.3 Å². The average molecular weight is 269 g/mol. The Bertz CT molecular complexity index is 405. The SMILES string of the molecule is CCNCc1ccc(OC)c(CS(=O)C(C)C)c1. The van der Waals surface area contributed by atoms with Gasteiger partial charge < -0.3 is 10.1 Å². The Morgan fingerprint density at radius 3 is 2.67 bits per heavy atom. The molecule has 1 unspecified atom stereocenters. The lowest BCUT2D eigenvalue weighted by atomic mass is 10.1. The van der Waals surface area contributed by atoms with E-state index in [9.17, 15) is 4.21 Å². The molecule has 0 aromatic heterocycles. The number of benzene rings is 1. The van der Waals surface area contributed by atoms with Crippen LogP contribution >= 0.6 is 0 Å². The van der Waals surface area contributed by atoms with E-state index < -0.39 is 10.8 Å². The highest BCUT2D eigenvalue weighted by Gasteiger charge is 2.11. The third kappa shape index (κ3) is 4.42. The second-order valence-corrected chi connectivity index (χ2v) is 6.49. The van der Waals surface area contributed by atoms with E-state index in [-0.39, 0.29) is 5.25 Å². The minimum Gasteiger partial charge on any atom is -0.496 e. The van der Waals surface area contributed by atoms with Crippen molar-refractivity contribution in [3.8, 4) is 5.75 Å². The van der Waals surface area contributed by atoms with Crippen molar-refractivity contribution in [2.24, 2.45) is 0 Å². The van der Waals surface area contributed by atoms with Crippen LogP contribution in [0.4, 0.5) is 0 Å². The molecule has 0 radical (unpaired) electrons. The Morgan fingerprint density at radius 1 is 1.39 bits per heavy atom. The maximum atomic E-state index is 11.9. The molecule has 1 atom stereocenters. The molecule has 0 aliphatic heterocycles. The Morgan fingerprint density at radius 2 is 2.11 bits per heavy atom. The zero-order valence-electron chi connectivity index (χ0n) is 11.7. The van der Waals surface area contributed by atoms with Crippen LogP contribution < -0.4 is 10.1 Å². The molecule has 1 N–H and O–H groups in total. The van der Waals surface area contributed by atoms with E-state index in [1.165, 1.54) is 5.56 Å². The maximum absolute atomic E-state index is 11.9. The zero-order chi connectivity index (χ0) is 13.5. The second-order valence-electron chi connectivity index (χ2n) is 4.50. The maximum Gasteiger partial charge on any atom is 0.123 e. The summed E-state index contributed by atoms with van der Waals surface area (Å²) in [6, 6.07) is 6.09. The first-order chi connectivity index (χ1) is 8.58. The van der Waals surface area contributed by atoms with Gasteiger partial charge in [-0.2, -0.15) is 0 Å². The summed E-state index contributed by atoms with van der Waals surface area (Å²) in [7, 11) is 0.805. The highest BCUT2D eigenvalue weighted by molar-refractivity contribution is 7.84. The Hall–Kier alpha value is -0.870. The van der Waals surface area contributed by atoms with Crippen LogP contribution in [0, 0.1) is 0 Å². The number of nitrogens with one attached hydrogen (secondary N) is 1. The molecule has 18 heavy (non-hydrogen) atoms. The predicted molar refractivity (Wildman–Crippen MR) is 77.4 cm³/mol. The molecule has 0 bridgehead atoms. The number of methoxy groups -OCH3 is 1. The molecule has 0 saturated carbocycles. The van der Waals surface area contributed by atoms with E-state index in [1.807, 2.05) is 26.0 Å². The van der Waals surface area contributed by atoms with Crippen LogP contribution in [0.2, 0.25) is 0 Å². The van der Waals surface area contributed by atoms with Crippen LogP contribution in [-0.2, 0) is 23.1 Å². The van der Waals surface area contributed by atoms with Gasteiger partial charge in [0.1, 0.15) is 5.75 Å². The molecule has 0 spiro atoms. The summed E-state index contributed by atoms with van der Waals surface area (Å²) in [5.74, 6) is 1.38. The lowest BCUT2D eigenvalue weighted by Crippen LogP contribution is -2.13. The average Bonchev–Trinajstić information content (AvgIpc) is 2.36. The van der Waals surface area contributed by atoms with E-state index in [4.69, 9.17) is 4.74 Å². The molecule has 3 nitrogen and oxygen atoms in total. The zero-order valence-corrected chi connectivity index (χ0v) is 12.5. The molecule has 1 aromatic rings. The molecular weight excluding hydrogens is 246 g/mol. The molecule has 1 rings (SSSR count). The van der Waals surface area contributed by atoms with Crippen molar-refractivity contribution >= 4 is 10.8 Å². The molecule has 0 aliphatic rings. The summed E-state index contributed by atoms with van der Waals surface area (Å²) in [5, 5.41) is 3.46. The lowest BCUT2D eigenvalue weighted by Gasteiger charge is -2.12. The molecule has 1 aromatic carbocycles. The van der Waals surface area contributed by atoms with Crippen LogP contribution in [0.5, 0.6) is 5.75 Å². The first kappa shape index (κ1) is 15.2. The van der Waals surface area contributed by atoms with Crippen LogP contribution in [0.1, 0.15) is 31.9 Å². The standard InChI is InChI=1S/C14H23NO2S/c1-5-15-9-12-6-7-14(17-4)13(8-12)10-18(16)11(2)3/h6-8,11,15H,5,9-10H2,1-4H3. The monoisotopic (exact) mass is 269 g/mol. The van der Waals surface area contributed by atoms with Gasteiger partial charge in [0.2, 0.25) is 0 Å². The first-order valence-electron chi connectivity index (χ1n) is 6.32. The Kier molecular flexibility index (Phi) is 6.36. The largest absolute Gasteiger partial charge is 0.496 e. The van der Waals surface area contributed by atoms with Gasteiger partial charge in [-0.15, -0.1) is 0 Å². The van der Waals surface area contributed by atoms with E-state index in [1.54, 1.807) is 7.11 Å². The van der Waals surface area contributed by atoms with Crippen molar-refractivity contribution in [1.29, 1.82) is 0 Å². The van der Waals surface area contributed by atoms with Gasteiger partial charge in [0, 0.05) is 28.2 Å². The normalized spacial score (nSPS) is 12.7. The Balaban J connectivity index is 2.88. The number of rotatable bonds is 7. The molecule has 0 amide bonds. The molecule has 102 valence electrons. The molecule has 0 aliphatic carbocycles. The minimum atomic E-state index is -0.849. The smallest absolute Gasteiger partial charge is 0.123 e. The molecule has 4 heteroatoms. The summed E-state index contributed by atoms with van der Waals surface area (Å²) >= 11 is 0. The molecule has 0 heterocycles. The van der Waals surface area contributed by atoms with E-state index in [0.717, 1.165) is 24.4 Å². The fraction of sp³-hybridized carbons (Fsp3) is 0.571. The van der Waals surface area contributed by atoms with Crippen molar-refractivity contribution in [3.63, 3.8) is 0 Å². The van der Waals surface area contributed by atoms with Crippen molar-refractivity contribution in [1.82, 2.24) is 5.32 Å². The third-order valence-electron chi connectivity index (χ3n) is 2.75. The summed E-state index contributed by atoms with van der Waals surface area (Å²) < 4.78 is 17.3. The minimum absolute atomic E-state index is 0.173. The van der Waals surface area contributed by atoms with Crippen LogP contribution in [0.3, 0.4) is 0 Å². The summed E-state index contributed by atoms with van der Waals surface area (Å²) in [6.07, 6.45) is 0. The molecular formula is C14H23NO2S.